The van der Waals surface area contributed by atoms with E-state index in [2.05, 4.69) is 35.5 Å². The van der Waals surface area contributed by atoms with Crippen LogP contribution in [0.15, 0.2) is 55.0 Å². The molecule has 0 radical (unpaired) electrons. The van der Waals surface area contributed by atoms with Crippen LogP contribution in [-0.4, -0.2) is 36.0 Å². The first-order valence-electron chi connectivity index (χ1n) is 9.64. The van der Waals surface area contributed by atoms with Gasteiger partial charge in [-0.1, -0.05) is 26.0 Å². The fourth-order valence-electron chi connectivity index (χ4n) is 3.26. The smallest absolute Gasteiger partial charge is 0.226 e. The van der Waals surface area contributed by atoms with Crippen molar-refractivity contribution in [2.24, 2.45) is 5.92 Å². The normalized spacial score (nSPS) is 11.4. The zero-order chi connectivity index (χ0) is 20.7. The van der Waals surface area contributed by atoms with Crippen LogP contribution >= 0.6 is 0 Å². The van der Waals surface area contributed by atoms with Crippen LogP contribution in [0.5, 0.6) is 0 Å². The van der Waals surface area contributed by atoms with E-state index in [1.54, 1.807) is 18.6 Å². The van der Waals surface area contributed by atoms with E-state index in [4.69, 9.17) is 0 Å². The predicted octanol–water partition coefficient (Wildman–Crippen LogP) is 4.16. The van der Waals surface area contributed by atoms with Gasteiger partial charge in [-0.3, -0.25) is 19.9 Å². The lowest BCUT2D eigenvalue weighted by atomic mass is 10.1. The molecular weight excluding hydrogens is 378 g/mol. The molecule has 0 unspecified atom stereocenters. The third-order valence-corrected chi connectivity index (χ3v) is 4.89. The number of carbonyl (C=O) groups is 1. The zero-order valence-corrected chi connectivity index (χ0v) is 16.5. The van der Waals surface area contributed by atoms with Crippen LogP contribution in [0.3, 0.4) is 0 Å². The van der Waals surface area contributed by atoms with Gasteiger partial charge in [-0.25, -0.2) is 4.98 Å². The summed E-state index contributed by atoms with van der Waals surface area (Å²) < 4.78 is 0. The van der Waals surface area contributed by atoms with Crippen molar-refractivity contribution in [3.05, 3.63) is 55.0 Å². The summed E-state index contributed by atoms with van der Waals surface area (Å²) in [4.78, 5) is 28.7. The maximum Gasteiger partial charge on any atom is 0.226 e. The van der Waals surface area contributed by atoms with Crippen LogP contribution < -0.4 is 5.32 Å². The fraction of sp³-hybridized carbons (Fsp3) is 0.136. The van der Waals surface area contributed by atoms with Crippen molar-refractivity contribution in [1.29, 1.82) is 0 Å². The quantitative estimate of drug-likeness (QED) is 0.422. The second-order valence-corrected chi connectivity index (χ2v) is 7.40. The molecule has 0 atom stereocenters. The summed E-state index contributed by atoms with van der Waals surface area (Å²) >= 11 is 0. The molecule has 5 rings (SSSR count). The first-order valence-corrected chi connectivity index (χ1v) is 9.64. The van der Waals surface area contributed by atoms with E-state index in [1.165, 1.54) is 0 Å². The number of aromatic nitrogens is 6. The number of nitrogens with one attached hydrogen (secondary N) is 3. The first kappa shape index (κ1) is 18.0. The molecule has 148 valence electrons. The zero-order valence-electron chi connectivity index (χ0n) is 16.5. The maximum absolute atomic E-state index is 12.0. The predicted molar refractivity (Wildman–Crippen MR) is 116 cm³/mol. The number of hydrogen-bond donors (Lipinski definition) is 3. The van der Waals surface area contributed by atoms with Crippen molar-refractivity contribution >= 4 is 33.5 Å². The number of carbonyl (C=O) groups excluding carboxylic acids is 1. The van der Waals surface area contributed by atoms with Crippen molar-refractivity contribution in [1.82, 2.24) is 30.1 Å². The van der Waals surface area contributed by atoms with Crippen molar-refractivity contribution in [3.8, 4) is 22.8 Å². The third-order valence-electron chi connectivity index (χ3n) is 4.89. The number of para-hydroxylation sites is 2. The lowest BCUT2D eigenvalue weighted by molar-refractivity contribution is -0.118. The van der Waals surface area contributed by atoms with Crippen LogP contribution in [0, 0.1) is 5.92 Å². The van der Waals surface area contributed by atoms with Gasteiger partial charge >= 0.3 is 0 Å². The average molecular weight is 397 g/mol. The summed E-state index contributed by atoms with van der Waals surface area (Å²) in [6.45, 7) is 3.70. The van der Waals surface area contributed by atoms with E-state index in [1.807, 2.05) is 50.2 Å². The molecule has 0 saturated carbocycles. The van der Waals surface area contributed by atoms with Gasteiger partial charge in [0.1, 0.15) is 5.69 Å². The Morgan fingerprint density at radius 2 is 1.93 bits per heavy atom. The fourth-order valence-corrected chi connectivity index (χ4v) is 3.26. The minimum Gasteiger partial charge on any atom is -0.337 e. The van der Waals surface area contributed by atoms with Crippen LogP contribution in [0.1, 0.15) is 13.8 Å². The number of aromatic amines is 2. The minimum absolute atomic E-state index is 0.0561. The molecule has 3 N–H and O–H groups in total. The number of amides is 1. The van der Waals surface area contributed by atoms with E-state index < -0.39 is 0 Å². The average Bonchev–Trinajstić information content (AvgIpc) is 3.37. The Morgan fingerprint density at radius 3 is 2.77 bits per heavy atom. The van der Waals surface area contributed by atoms with Crippen LogP contribution in [0.4, 0.5) is 5.69 Å². The second-order valence-electron chi connectivity index (χ2n) is 7.40. The lowest BCUT2D eigenvalue weighted by Gasteiger charge is -2.08. The molecule has 0 aliphatic heterocycles. The van der Waals surface area contributed by atoms with Gasteiger partial charge in [-0.15, -0.1) is 0 Å². The highest BCUT2D eigenvalue weighted by atomic mass is 16.1. The maximum atomic E-state index is 12.0. The van der Waals surface area contributed by atoms with Crippen molar-refractivity contribution in [2.45, 2.75) is 13.8 Å². The summed E-state index contributed by atoms with van der Waals surface area (Å²) in [5.74, 6) is 0.524. The van der Waals surface area contributed by atoms with E-state index in [0.717, 1.165) is 38.9 Å². The highest BCUT2D eigenvalue weighted by Gasteiger charge is 2.15. The van der Waals surface area contributed by atoms with Crippen LogP contribution in [0.25, 0.3) is 44.7 Å². The third kappa shape index (κ3) is 3.18. The summed E-state index contributed by atoms with van der Waals surface area (Å²) in [5.41, 5.74) is 5.54. The molecule has 0 aliphatic carbocycles. The summed E-state index contributed by atoms with van der Waals surface area (Å²) in [6.07, 6.45) is 5.09. The summed E-state index contributed by atoms with van der Waals surface area (Å²) in [7, 11) is 0. The largest absolute Gasteiger partial charge is 0.337 e. The Hall–Kier alpha value is -4.07. The number of benzene rings is 1. The molecule has 0 spiro atoms. The molecule has 4 heterocycles. The van der Waals surface area contributed by atoms with Crippen molar-refractivity contribution in [2.75, 3.05) is 5.32 Å². The Kier molecular flexibility index (Phi) is 4.24. The highest BCUT2D eigenvalue weighted by molar-refractivity contribution is 5.95. The number of pyridine rings is 2. The molecular formula is C22H19N7O. The molecule has 4 aromatic heterocycles. The number of imidazole rings is 1. The van der Waals surface area contributed by atoms with Gasteiger partial charge in [0.05, 0.1) is 40.3 Å². The Morgan fingerprint density at radius 1 is 1.07 bits per heavy atom. The molecule has 0 fully saturated rings. The van der Waals surface area contributed by atoms with Crippen LogP contribution in [0.2, 0.25) is 0 Å². The molecule has 8 heteroatoms. The number of H-pyrrole nitrogens is 2. The molecule has 30 heavy (non-hydrogen) atoms. The van der Waals surface area contributed by atoms with Gasteiger partial charge < -0.3 is 10.3 Å². The SMILES string of the molecule is CC(C)C(=O)Nc1cncc(-c2cc3c(-c4nc5ccccc5[nH]4)n[nH]c3cn2)c1. The Labute approximate surface area is 171 Å². The molecule has 8 nitrogen and oxygen atoms in total. The van der Waals surface area contributed by atoms with Gasteiger partial charge in [0.25, 0.3) is 0 Å². The van der Waals surface area contributed by atoms with E-state index in [9.17, 15) is 4.79 Å². The van der Waals surface area contributed by atoms with Gasteiger partial charge in [0.15, 0.2) is 5.82 Å². The van der Waals surface area contributed by atoms with Gasteiger partial charge in [-0.05, 0) is 24.3 Å². The molecule has 0 bridgehead atoms. The molecule has 0 aliphatic rings. The van der Waals surface area contributed by atoms with E-state index >= 15 is 0 Å². The Bertz CT molecular complexity index is 1350. The second kappa shape index (κ2) is 7.07. The molecule has 1 amide bonds. The standard InChI is InChI=1S/C22H19N7O/c1-12(2)22(30)25-14-7-13(9-23-10-14)18-8-15-19(11-24-18)28-29-20(15)21-26-16-5-3-4-6-17(16)27-21/h3-12H,1-2H3,(H,25,30)(H,26,27)(H,28,29). The number of nitrogens with zero attached hydrogens (tertiary/aromatic N) is 4. The van der Waals surface area contributed by atoms with Crippen molar-refractivity contribution < 1.29 is 4.79 Å². The first-order chi connectivity index (χ1) is 14.6. The van der Waals surface area contributed by atoms with Gasteiger partial charge in [-0.2, -0.15) is 5.10 Å². The Balaban J connectivity index is 1.55. The number of anilines is 1. The van der Waals surface area contributed by atoms with E-state index in [0.29, 0.717) is 11.5 Å². The van der Waals surface area contributed by atoms with Crippen molar-refractivity contribution in [3.63, 3.8) is 0 Å². The summed E-state index contributed by atoms with van der Waals surface area (Å²) in [6, 6.07) is 11.7. The van der Waals surface area contributed by atoms with Crippen LogP contribution in [-0.2, 0) is 4.79 Å². The monoisotopic (exact) mass is 397 g/mol. The number of rotatable bonds is 4. The minimum atomic E-state index is -0.111. The molecule has 0 saturated heterocycles. The van der Waals surface area contributed by atoms with Gasteiger partial charge in [0, 0.05) is 23.1 Å². The number of hydrogen-bond acceptors (Lipinski definition) is 5. The summed E-state index contributed by atoms with van der Waals surface area (Å²) in [5, 5.41) is 11.2. The highest BCUT2D eigenvalue weighted by Crippen LogP contribution is 2.29. The topological polar surface area (TPSA) is 112 Å². The lowest BCUT2D eigenvalue weighted by Crippen LogP contribution is -2.17. The molecule has 1 aromatic carbocycles. The number of fused-ring (bicyclic) bond motifs is 2. The molecule has 5 aromatic rings. The van der Waals surface area contributed by atoms with Gasteiger partial charge in [0.2, 0.25) is 5.91 Å². The van der Waals surface area contributed by atoms with E-state index in [-0.39, 0.29) is 11.8 Å².